The fourth-order valence-corrected chi connectivity index (χ4v) is 3.83. The predicted molar refractivity (Wildman–Crippen MR) is 88.7 cm³/mol. The molecular formula is C16H16Cl2O2S. The second-order valence-corrected chi connectivity index (χ2v) is 7.93. The molecule has 5 heteroatoms. The molecule has 0 aromatic heterocycles. The maximum atomic E-state index is 12.1. The first-order chi connectivity index (χ1) is 9.96. The van der Waals surface area contributed by atoms with Crippen molar-refractivity contribution in [2.45, 2.75) is 18.6 Å². The van der Waals surface area contributed by atoms with E-state index in [1.807, 2.05) is 30.3 Å². The van der Waals surface area contributed by atoms with Crippen LogP contribution in [0.5, 0.6) is 0 Å². The Kier molecular flexibility index (Phi) is 5.68. The van der Waals surface area contributed by atoms with Crippen LogP contribution >= 0.6 is 23.2 Å². The third-order valence-electron chi connectivity index (χ3n) is 3.13. The Balaban J connectivity index is 1.91. The van der Waals surface area contributed by atoms with Gasteiger partial charge in [0, 0.05) is 0 Å². The lowest BCUT2D eigenvalue weighted by molar-refractivity contribution is 0.592. The van der Waals surface area contributed by atoms with Gasteiger partial charge in [-0.3, -0.25) is 0 Å². The van der Waals surface area contributed by atoms with Gasteiger partial charge in [0.2, 0.25) is 0 Å². The zero-order chi connectivity index (χ0) is 15.3. The van der Waals surface area contributed by atoms with Gasteiger partial charge in [0.05, 0.1) is 21.6 Å². The maximum absolute atomic E-state index is 12.1. The van der Waals surface area contributed by atoms with Crippen LogP contribution in [-0.2, 0) is 22.0 Å². The second-order valence-electron chi connectivity index (χ2n) is 4.93. The van der Waals surface area contributed by atoms with Crippen molar-refractivity contribution in [1.29, 1.82) is 0 Å². The molecule has 0 saturated carbocycles. The summed E-state index contributed by atoms with van der Waals surface area (Å²) in [6, 6.07) is 14.8. The first-order valence-electron chi connectivity index (χ1n) is 6.64. The molecular weight excluding hydrogens is 327 g/mol. The van der Waals surface area contributed by atoms with Crippen molar-refractivity contribution in [3.8, 4) is 0 Å². The molecule has 0 fully saturated rings. The van der Waals surface area contributed by atoms with Crippen LogP contribution in [0.2, 0.25) is 10.0 Å². The second kappa shape index (κ2) is 7.30. The van der Waals surface area contributed by atoms with Crippen LogP contribution < -0.4 is 0 Å². The standard InChI is InChI=1S/C16H16Cl2O2S/c17-15-9-8-14(11-16(15)18)12-21(19,20)10-4-7-13-5-2-1-3-6-13/h1-3,5-6,8-9,11H,4,7,10,12H2. The summed E-state index contributed by atoms with van der Waals surface area (Å²) in [7, 11) is -3.14. The van der Waals surface area contributed by atoms with Gasteiger partial charge in [0.1, 0.15) is 0 Å². The van der Waals surface area contributed by atoms with Gasteiger partial charge >= 0.3 is 0 Å². The quantitative estimate of drug-likeness (QED) is 0.772. The molecule has 2 aromatic rings. The fourth-order valence-electron chi connectivity index (χ4n) is 2.10. The maximum Gasteiger partial charge on any atom is 0.154 e. The third-order valence-corrected chi connectivity index (χ3v) is 5.56. The van der Waals surface area contributed by atoms with Crippen molar-refractivity contribution in [2.24, 2.45) is 0 Å². The van der Waals surface area contributed by atoms with Crippen LogP contribution in [0.3, 0.4) is 0 Å². The van der Waals surface area contributed by atoms with Crippen LogP contribution in [0, 0.1) is 0 Å². The molecule has 0 aliphatic rings. The molecule has 0 radical (unpaired) electrons. The van der Waals surface area contributed by atoms with Gasteiger partial charge in [-0.25, -0.2) is 8.42 Å². The zero-order valence-corrected chi connectivity index (χ0v) is 13.8. The molecule has 0 heterocycles. The van der Waals surface area contributed by atoms with E-state index in [0.29, 0.717) is 22.0 Å². The minimum Gasteiger partial charge on any atom is -0.228 e. The average molecular weight is 343 g/mol. The lowest BCUT2D eigenvalue weighted by Crippen LogP contribution is -2.10. The van der Waals surface area contributed by atoms with E-state index < -0.39 is 9.84 Å². The highest BCUT2D eigenvalue weighted by molar-refractivity contribution is 7.90. The van der Waals surface area contributed by atoms with Gasteiger partial charge in [-0.15, -0.1) is 0 Å². The first-order valence-corrected chi connectivity index (χ1v) is 9.22. The smallest absolute Gasteiger partial charge is 0.154 e. The molecule has 0 aliphatic heterocycles. The van der Waals surface area contributed by atoms with Crippen molar-refractivity contribution in [3.63, 3.8) is 0 Å². The lowest BCUT2D eigenvalue weighted by atomic mass is 10.1. The van der Waals surface area contributed by atoms with Crippen LogP contribution in [-0.4, -0.2) is 14.2 Å². The molecule has 2 aromatic carbocycles. The number of hydrogen-bond acceptors (Lipinski definition) is 2. The highest BCUT2D eigenvalue weighted by atomic mass is 35.5. The summed E-state index contributed by atoms with van der Waals surface area (Å²) in [4.78, 5) is 0. The molecule has 2 nitrogen and oxygen atoms in total. The zero-order valence-electron chi connectivity index (χ0n) is 11.4. The molecule has 0 unspecified atom stereocenters. The number of hydrogen-bond donors (Lipinski definition) is 0. The Labute approximate surface area is 135 Å². The minimum atomic E-state index is -3.14. The fraction of sp³-hybridized carbons (Fsp3) is 0.250. The summed E-state index contributed by atoms with van der Waals surface area (Å²) in [5.41, 5.74) is 1.83. The Bertz CT molecular complexity index is 697. The van der Waals surface area contributed by atoms with Crippen LogP contribution in [0.15, 0.2) is 48.5 Å². The van der Waals surface area contributed by atoms with Crippen molar-refractivity contribution < 1.29 is 8.42 Å². The Hall–Kier alpha value is -1.03. The molecule has 0 spiro atoms. The van der Waals surface area contributed by atoms with Crippen molar-refractivity contribution in [3.05, 3.63) is 69.7 Å². The van der Waals surface area contributed by atoms with Gasteiger partial charge < -0.3 is 0 Å². The van der Waals surface area contributed by atoms with Crippen LogP contribution in [0.25, 0.3) is 0 Å². The van der Waals surface area contributed by atoms with Crippen LogP contribution in [0.4, 0.5) is 0 Å². The minimum absolute atomic E-state index is 0.00131. The Morgan fingerprint density at radius 2 is 1.57 bits per heavy atom. The summed E-state index contributed by atoms with van der Waals surface area (Å²) >= 11 is 11.7. The van der Waals surface area contributed by atoms with Gasteiger partial charge in [-0.05, 0) is 36.1 Å². The summed E-state index contributed by atoms with van der Waals surface area (Å²) in [6.45, 7) is 0. The van der Waals surface area contributed by atoms with E-state index in [-0.39, 0.29) is 11.5 Å². The number of rotatable bonds is 6. The van der Waals surface area contributed by atoms with E-state index in [1.165, 1.54) is 0 Å². The van der Waals surface area contributed by atoms with E-state index in [0.717, 1.165) is 12.0 Å². The van der Waals surface area contributed by atoms with Crippen molar-refractivity contribution in [1.82, 2.24) is 0 Å². The lowest BCUT2D eigenvalue weighted by Gasteiger charge is -2.06. The molecule has 0 N–H and O–H groups in total. The van der Waals surface area contributed by atoms with E-state index in [4.69, 9.17) is 23.2 Å². The van der Waals surface area contributed by atoms with Crippen LogP contribution in [0.1, 0.15) is 17.5 Å². The molecule has 112 valence electrons. The molecule has 2 rings (SSSR count). The molecule has 0 aliphatic carbocycles. The van der Waals surface area contributed by atoms with Gasteiger partial charge in [-0.2, -0.15) is 0 Å². The number of benzene rings is 2. The molecule has 0 atom stereocenters. The monoisotopic (exact) mass is 342 g/mol. The molecule has 0 bridgehead atoms. The SMILES string of the molecule is O=S(=O)(CCCc1ccccc1)Cc1ccc(Cl)c(Cl)c1. The number of aryl methyl sites for hydroxylation is 1. The number of sulfone groups is 1. The highest BCUT2D eigenvalue weighted by Crippen LogP contribution is 2.23. The summed E-state index contributed by atoms with van der Waals surface area (Å²) in [5.74, 6) is 0.167. The van der Waals surface area contributed by atoms with Crippen molar-refractivity contribution in [2.75, 3.05) is 5.75 Å². The highest BCUT2D eigenvalue weighted by Gasteiger charge is 2.13. The van der Waals surface area contributed by atoms with E-state index >= 15 is 0 Å². The summed E-state index contributed by atoms with van der Waals surface area (Å²) in [5, 5.41) is 0.815. The normalized spacial score (nSPS) is 11.5. The number of halogens is 2. The molecule has 21 heavy (non-hydrogen) atoms. The predicted octanol–water partition coefficient (Wildman–Crippen LogP) is 4.54. The first kappa shape index (κ1) is 16.3. The Morgan fingerprint density at radius 1 is 0.857 bits per heavy atom. The van der Waals surface area contributed by atoms with E-state index in [1.54, 1.807) is 18.2 Å². The largest absolute Gasteiger partial charge is 0.228 e. The topological polar surface area (TPSA) is 34.1 Å². The molecule has 0 amide bonds. The summed E-state index contributed by atoms with van der Waals surface area (Å²) in [6.07, 6.45) is 1.38. The van der Waals surface area contributed by atoms with E-state index in [9.17, 15) is 8.42 Å². The van der Waals surface area contributed by atoms with Gasteiger partial charge in [0.15, 0.2) is 9.84 Å². The summed E-state index contributed by atoms with van der Waals surface area (Å²) < 4.78 is 24.2. The van der Waals surface area contributed by atoms with E-state index in [2.05, 4.69) is 0 Å². The van der Waals surface area contributed by atoms with Gasteiger partial charge in [0.25, 0.3) is 0 Å². The average Bonchev–Trinajstić information content (AvgIpc) is 2.43. The van der Waals surface area contributed by atoms with Gasteiger partial charge in [-0.1, -0.05) is 59.6 Å². The molecule has 0 saturated heterocycles. The van der Waals surface area contributed by atoms with Crippen molar-refractivity contribution >= 4 is 33.0 Å². The third kappa shape index (κ3) is 5.34. The Morgan fingerprint density at radius 3 is 2.24 bits per heavy atom.